The second-order valence-electron chi connectivity index (χ2n) is 7.29. The molecule has 0 bridgehead atoms. The van der Waals surface area contributed by atoms with Crippen LogP contribution in [-0.4, -0.2) is 55.1 Å². The van der Waals surface area contributed by atoms with Crippen molar-refractivity contribution in [3.05, 3.63) is 0 Å². The van der Waals surface area contributed by atoms with E-state index in [2.05, 4.69) is 37.7 Å². The first-order valence-electron chi connectivity index (χ1n) is 8.11. The topological polar surface area (TPSA) is 32.5 Å². The highest BCUT2D eigenvalue weighted by atomic mass is 15.3. The Labute approximate surface area is 119 Å². The largest absolute Gasteiger partial charge is 0.329 e. The quantitative estimate of drug-likeness (QED) is 0.850. The summed E-state index contributed by atoms with van der Waals surface area (Å²) in [5.41, 5.74) is 6.55. The highest BCUT2D eigenvalue weighted by molar-refractivity contribution is 5.01. The van der Waals surface area contributed by atoms with Gasteiger partial charge in [0.05, 0.1) is 0 Å². The third-order valence-electron chi connectivity index (χ3n) is 5.85. The number of hydrogen-bond donors (Lipinski definition) is 1. The molecule has 2 fully saturated rings. The first-order chi connectivity index (χ1) is 8.99. The lowest BCUT2D eigenvalue weighted by Gasteiger charge is -2.54. The molecule has 2 rings (SSSR count). The molecule has 4 unspecified atom stereocenters. The summed E-state index contributed by atoms with van der Waals surface area (Å²) in [6.45, 7) is 8.13. The Morgan fingerprint density at radius 3 is 2.58 bits per heavy atom. The summed E-state index contributed by atoms with van der Waals surface area (Å²) >= 11 is 0. The van der Waals surface area contributed by atoms with Gasteiger partial charge in [0.15, 0.2) is 0 Å². The van der Waals surface area contributed by atoms with E-state index in [0.717, 1.165) is 18.4 Å². The lowest BCUT2D eigenvalue weighted by atomic mass is 9.68. The molecular formula is C16H33N3. The molecule has 0 aromatic heterocycles. The average Bonchev–Trinajstić information content (AvgIpc) is 2.39. The molecular weight excluding hydrogens is 234 g/mol. The molecule has 1 aliphatic carbocycles. The van der Waals surface area contributed by atoms with Crippen molar-refractivity contribution < 1.29 is 0 Å². The molecule has 0 radical (unpaired) electrons. The van der Waals surface area contributed by atoms with Crippen LogP contribution in [0.2, 0.25) is 0 Å². The van der Waals surface area contributed by atoms with Gasteiger partial charge in [-0.3, -0.25) is 4.90 Å². The number of piperidine rings is 1. The van der Waals surface area contributed by atoms with Gasteiger partial charge in [0.1, 0.15) is 0 Å². The van der Waals surface area contributed by atoms with Crippen molar-refractivity contribution in [2.75, 3.05) is 33.7 Å². The van der Waals surface area contributed by atoms with Gasteiger partial charge in [-0.05, 0) is 64.6 Å². The molecule has 3 heteroatoms. The average molecular weight is 267 g/mol. The molecule has 19 heavy (non-hydrogen) atoms. The summed E-state index contributed by atoms with van der Waals surface area (Å²) in [5.74, 6) is 1.62. The number of nitrogens with zero attached hydrogens (tertiary/aromatic N) is 2. The standard InChI is InChI=1S/C16H33N3/c1-13-7-8-16(12-17,14(2)10-13)19-9-5-6-15(11-19)18(3)4/h13-15H,5-12,17H2,1-4H3. The molecule has 0 spiro atoms. The van der Waals surface area contributed by atoms with Crippen LogP contribution in [0.4, 0.5) is 0 Å². The van der Waals surface area contributed by atoms with Crippen LogP contribution in [0, 0.1) is 11.8 Å². The SMILES string of the molecule is CC1CCC(CN)(N2CCCC(N(C)C)C2)C(C)C1. The normalized spacial score (nSPS) is 41.7. The van der Waals surface area contributed by atoms with Gasteiger partial charge in [0, 0.05) is 24.7 Å². The Morgan fingerprint density at radius 2 is 2.00 bits per heavy atom. The van der Waals surface area contributed by atoms with Crippen LogP contribution in [-0.2, 0) is 0 Å². The molecule has 0 aromatic carbocycles. The van der Waals surface area contributed by atoms with Crippen molar-refractivity contribution in [2.24, 2.45) is 17.6 Å². The number of nitrogens with two attached hydrogens (primary N) is 1. The fraction of sp³-hybridized carbons (Fsp3) is 1.00. The lowest BCUT2D eigenvalue weighted by Crippen LogP contribution is -2.63. The molecule has 2 N–H and O–H groups in total. The molecule has 0 amide bonds. The van der Waals surface area contributed by atoms with E-state index in [1.165, 1.54) is 45.2 Å². The Balaban J connectivity index is 2.12. The maximum Gasteiger partial charge on any atom is 0.0358 e. The van der Waals surface area contributed by atoms with E-state index in [9.17, 15) is 0 Å². The van der Waals surface area contributed by atoms with Gasteiger partial charge >= 0.3 is 0 Å². The number of likely N-dealkylation sites (N-methyl/N-ethyl adjacent to an activating group) is 1. The molecule has 1 saturated heterocycles. The van der Waals surface area contributed by atoms with E-state index in [-0.39, 0.29) is 5.54 Å². The predicted octanol–water partition coefficient (Wildman–Crippen LogP) is 2.17. The van der Waals surface area contributed by atoms with Crippen molar-refractivity contribution >= 4 is 0 Å². The van der Waals surface area contributed by atoms with E-state index >= 15 is 0 Å². The van der Waals surface area contributed by atoms with Crippen LogP contribution >= 0.6 is 0 Å². The van der Waals surface area contributed by atoms with Gasteiger partial charge < -0.3 is 10.6 Å². The monoisotopic (exact) mass is 267 g/mol. The van der Waals surface area contributed by atoms with E-state index in [1.54, 1.807) is 0 Å². The first-order valence-corrected chi connectivity index (χ1v) is 8.11. The minimum atomic E-state index is 0.279. The fourth-order valence-electron chi connectivity index (χ4n) is 4.37. The summed E-state index contributed by atoms with van der Waals surface area (Å²) in [6, 6.07) is 0.712. The molecule has 1 saturated carbocycles. The van der Waals surface area contributed by atoms with Crippen LogP contribution in [0.15, 0.2) is 0 Å². The number of rotatable bonds is 3. The van der Waals surface area contributed by atoms with E-state index in [1.807, 2.05) is 0 Å². The minimum absolute atomic E-state index is 0.279. The van der Waals surface area contributed by atoms with Crippen LogP contribution in [0.3, 0.4) is 0 Å². The van der Waals surface area contributed by atoms with Crippen LogP contribution in [0.1, 0.15) is 46.0 Å². The molecule has 3 nitrogen and oxygen atoms in total. The molecule has 1 heterocycles. The second kappa shape index (κ2) is 6.11. The van der Waals surface area contributed by atoms with Crippen molar-refractivity contribution in [2.45, 2.75) is 57.5 Å². The van der Waals surface area contributed by atoms with Crippen LogP contribution in [0.25, 0.3) is 0 Å². The van der Waals surface area contributed by atoms with Crippen molar-refractivity contribution in [1.29, 1.82) is 0 Å². The van der Waals surface area contributed by atoms with Gasteiger partial charge in [0.2, 0.25) is 0 Å². The summed E-state index contributed by atoms with van der Waals surface area (Å²) in [4.78, 5) is 5.14. The van der Waals surface area contributed by atoms with Crippen molar-refractivity contribution in [1.82, 2.24) is 9.80 Å². The highest BCUT2D eigenvalue weighted by Gasteiger charge is 2.45. The summed E-state index contributed by atoms with van der Waals surface area (Å²) in [6.07, 6.45) is 6.67. The number of hydrogen-bond acceptors (Lipinski definition) is 3. The van der Waals surface area contributed by atoms with Crippen LogP contribution < -0.4 is 5.73 Å². The molecule has 112 valence electrons. The summed E-state index contributed by atoms with van der Waals surface area (Å²) in [7, 11) is 4.44. The fourth-order valence-corrected chi connectivity index (χ4v) is 4.37. The predicted molar refractivity (Wildman–Crippen MR) is 82.2 cm³/mol. The second-order valence-corrected chi connectivity index (χ2v) is 7.29. The zero-order valence-corrected chi connectivity index (χ0v) is 13.4. The number of likely N-dealkylation sites (tertiary alicyclic amines) is 1. The minimum Gasteiger partial charge on any atom is -0.329 e. The Morgan fingerprint density at radius 1 is 1.26 bits per heavy atom. The molecule has 2 aliphatic rings. The summed E-state index contributed by atoms with van der Waals surface area (Å²) in [5, 5.41) is 0. The van der Waals surface area contributed by atoms with Crippen molar-refractivity contribution in [3.8, 4) is 0 Å². The van der Waals surface area contributed by atoms with E-state index in [4.69, 9.17) is 5.73 Å². The molecule has 0 aromatic rings. The molecule has 4 atom stereocenters. The Kier molecular flexibility index (Phi) is 4.91. The summed E-state index contributed by atoms with van der Waals surface area (Å²) < 4.78 is 0. The third-order valence-corrected chi connectivity index (χ3v) is 5.85. The van der Waals surface area contributed by atoms with Gasteiger partial charge in [-0.2, -0.15) is 0 Å². The highest BCUT2D eigenvalue weighted by Crippen LogP contribution is 2.41. The smallest absolute Gasteiger partial charge is 0.0358 e. The van der Waals surface area contributed by atoms with Gasteiger partial charge in [-0.25, -0.2) is 0 Å². The van der Waals surface area contributed by atoms with E-state index in [0.29, 0.717) is 6.04 Å². The van der Waals surface area contributed by atoms with E-state index < -0.39 is 0 Å². The van der Waals surface area contributed by atoms with Crippen molar-refractivity contribution in [3.63, 3.8) is 0 Å². The van der Waals surface area contributed by atoms with Gasteiger partial charge in [0.25, 0.3) is 0 Å². The Bertz CT molecular complexity index is 292. The van der Waals surface area contributed by atoms with Gasteiger partial charge in [-0.15, -0.1) is 0 Å². The zero-order chi connectivity index (χ0) is 14.0. The Hall–Kier alpha value is -0.120. The third kappa shape index (κ3) is 2.98. The lowest BCUT2D eigenvalue weighted by molar-refractivity contribution is -0.0301. The first kappa shape index (κ1) is 15.3. The maximum absolute atomic E-state index is 6.27. The maximum atomic E-state index is 6.27. The zero-order valence-electron chi connectivity index (χ0n) is 13.4. The van der Waals surface area contributed by atoms with Gasteiger partial charge in [-0.1, -0.05) is 13.8 Å². The van der Waals surface area contributed by atoms with Crippen LogP contribution in [0.5, 0.6) is 0 Å². The molecule has 1 aliphatic heterocycles.